The van der Waals surface area contributed by atoms with Crippen molar-refractivity contribution in [3.8, 4) is 0 Å². The molecule has 11 rings (SSSR count). The van der Waals surface area contributed by atoms with Crippen LogP contribution in [0, 0.1) is 12.3 Å². The topological polar surface area (TPSA) is 471 Å². The Balaban J connectivity index is 0.000000197. The van der Waals surface area contributed by atoms with Crippen LogP contribution in [0.25, 0.3) is 11.0 Å². The van der Waals surface area contributed by atoms with E-state index in [1.165, 1.54) is 61.6 Å². The van der Waals surface area contributed by atoms with Crippen molar-refractivity contribution in [2.45, 2.75) is 162 Å². The van der Waals surface area contributed by atoms with Crippen molar-refractivity contribution in [2.75, 3.05) is 148 Å². The molecule has 11 heterocycles. The largest absolute Gasteiger partial charge is 0.388 e. The van der Waals surface area contributed by atoms with Crippen LogP contribution in [-0.4, -0.2) is 354 Å². The second-order valence-electron chi connectivity index (χ2n) is 33.2. The molecule has 5 saturated heterocycles. The molecule has 5 aliphatic rings. The Morgan fingerprint density at radius 3 is 1.13 bits per heavy atom. The number of fused-ring (bicyclic) bond motifs is 1. The van der Waals surface area contributed by atoms with Gasteiger partial charge in [-0.15, -0.1) is 65.9 Å². The van der Waals surface area contributed by atoms with Gasteiger partial charge in [-0.25, -0.2) is 24.0 Å². The zero-order chi connectivity index (χ0) is 85.4. The maximum atomic E-state index is 12.3. The minimum atomic E-state index is -1.25. The normalized spacial score (nSPS) is 28.3. The van der Waals surface area contributed by atoms with Gasteiger partial charge in [0.2, 0.25) is 0 Å². The highest BCUT2D eigenvalue weighted by molar-refractivity contribution is 7.73. The van der Waals surface area contributed by atoms with Crippen molar-refractivity contribution >= 4 is 94.4 Å². The smallest absolute Gasteiger partial charge is 0.351 e. The van der Waals surface area contributed by atoms with Crippen molar-refractivity contribution in [3.63, 3.8) is 0 Å². The molecule has 0 aliphatic carbocycles. The molecule has 6 aromatic rings. The standard InChI is InChI=1S/C16H24N3O4P.2C15H26N3O4P.2C14H24N3O4P/c1-9-7-10-8-19(16(22)18-14(10)17-9)15-13(21)12(20)11(23-15)5-6-24(2,3)4;1-17(2)11-6-8-18(15(21)16-11)14-13(20)12(19)10(22-14)7-9-23(3,4)5;1-16-11-6-8-18(15(20)17-11)14-13(21-2)12(19)10(22-14)7-9-23(3,4)5;1-16-10(15)5-7-17(14(16)20)13-12(19)11(18)9(21-13)6-8-22(2,3)4;1-15-10-5-7-17(14(20)16-10)13-12(19)11(18)9(21-13)6-8-22(2,3)4/h7-8,11-13,15,20-21H,2,5-6H2,1,3-4H3,(H,17,18,22);6,8,10,12-14,19-20H,3,7,9H2,1-2,4-5H3;6,8,10,12-14,19H,3,7,9H2,1-2,4-5H3,(H,16,17,20);5,7,9,11-13,15,18-19H,2,6,8H2,1,3-4H3;5,7,9,11-13,18-19H,2,6,8H2,1,3-4H3,(H,15,16,20)/t11-,12-,13-,15?;2*10-,12-,13-,14?;2*9-,11-,12-,13?/m11111/s1. The fraction of sp³-hybridized carbons (Fsp3) is 0.635. The number of rotatable bonds is 24. The molecule has 0 bridgehead atoms. The number of aliphatic hydroxyl groups is 9. The number of H-pyrrole nitrogens is 1. The third-order valence-corrected chi connectivity index (χ3v) is 27.1. The van der Waals surface area contributed by atoms with Crippen LogP contribution in [0.5, 0.6) is 0 Å². The van der Waals surface area contributed by atoms with Gasteiger partial charge in [-0.1, -0.05) is 0 Å². The molecule has 35 nitrogen and oxygen atoms in total. The van der Waals surface area contributed by atoms with E-state index in [4.69, 9.17) is 33.8 Å². The molecule has 0 amide bonds. The van der Waals surface area contributed by atoms with Gasteiger partial charge in [0.25, 0.3) is 0 Å². The average molecular weight is 1700 g/mol. The van der Waals surface area contributed by atoms with Gasteiger partial charge in [0.05, 0.1) is 30.5 Å². The van der Waals surface area contributed by atoms with Gasteiger partial charge in [0, 0.05) is 84.4 Å². The molecular weight excluding hydrogens is 1570 g/mol. The summed E-state index contributed by atoms with van der Waals surface area (Å²) in [5.41, 5.74) is -1.02. The Morgan fingerprint density at radius 1 is 0.474 bits per heavy atom. The Hall–Kier alpha value is -5.96. The Labute approximate surface area is 665 Å². The highest BCUT2D eigenvalue weighted by Crippen LogP contribution is 2.44. The summed E-state index contributed by atoms with van der Waals surface area (Å²) >= 11 is 0. The van der Waals surface area contributed by atoms with Crippen LogP contribution >= 0.6 is 34.4 Å². The third-order valence-electron chi connectivity index (χ3n) is 19.8. The van der Waals surface area contributed by atoms with E-state index >= 15 is 0 Å². The highest BCUT2D eigenvalue weighted by atomic mass is 31.2. The number of methoxy groups -OCH3 is 1. The maximum absolute atomic E-state index is 12.3. The van der Waals surface area contributed by atoms with Crippen LogP contribution in [0.2, 0.25) is 0 Å². The monoisotopic (exact) mass is 1700 g/mol. The number of nitrogens with one attached hydrogen (secondary N) is 4. The lowest BCUT2D eigenvalue weighted by Crippen LogP contribution is -2.41. The number of anilines is 3. The molecule has 640 valence electrons. The van der Waals surface area contributed by atoms with E-state index in [0.29, 0.717) is 55.2 Å². The third kappa shape index (κ3) is 25.5. The number of aromatic nitrogens is 11. The lowest BCUT2D eigenvalue weighted by Gasteiger charge is -2.20. The van der Waals surface area contributed by atoms with Crippen molar-refractivity contribution in [1.29, 1.82) is 5.41 Å². The minimum Gasteiger partial charge on any atom is -0.388 e. The van der Waals surface area contributed by atoms with Crippen molar-refractivity contribution in [1.82, 2.24) is 52.3 Å². The molecule has 5 aliphatic heterocycles. The van der Waals surface area contributed by atoms with E-state index in [1.54, 1.807) is 63.7 Å². The first-order valence-corrected chi connectivity index (χ1v) is 52.6. The van der Waals surface area contributed by atoms with Crippen LogP contribution < -0.4 is 49.5 Å². The van der Waals surface area contributed by atoms with Gasteiger partial charge in [-0.3, -0.25) is 32.8 Å². The summed E-state index contributed by atoms with van der Waals surface area (Å²) in [5, 5.41) is 106. The molecule has 6 aromatic heterocycles. The van der Waals surface area contributed by atoms with Crippen molar-refractivity contribution in [2.24, 2.45) is 7.05 Å². The molecule has 0 saturated carbocycles. The van der Waals surface area contributed by atoms with Crippen molar-refractivity contribution < 1.29 is 74.4 Å². The Morgan fingerprint density at radius 2 is 0.789 bits per heavy atom. The Kier molecular flexibility index (Phi) is 33.2. The number of aromatic amines is 1. The summed E-state index contributed by atoms with van der Waals surface area (Å²) in [6, 6.07) is 8.27. The second-order valence-corrected chi connectivity index (χ2v) is 54.8. The van der Waals surface area contributed by atoms with Crippen LogP contribution in [0.15, 0.2) is 85.3 Å². The summed E-state index contributed by atoms with van der Waals surface area (Å²) in [6.07, 6.45) is 18.8. The first-order chi connectivity index (χ1) is 52.9. The maximum Gasteiger partial charge on any atom is 0.351 e. The van der Waals surface area contributed by atoms with Gasteiger partial charge in [0.15, 0.2) is 31.1 Å². The van der Waals surface area contributed by atoms with Gasteiger partial charge in [-0.05, 0) is 167 Å². The molecular formula is C74H124N15O20P5. The predicted molar refractivity (Wildman–Crippen MR) is 461 cm³/mol. The van der Waals surface area contributed by atoms with E-state index in [0.717, 1.165) is 46.5 Å². The number of aliphatic hydroxyl groups excluding tert-OH is 9. The molecule has 0 spiro atoms. The first kappa shape index (κ1) is 95.2. The molecule has 0 radical (unpaired) electrons. The number of hydrogen-bond acceptors (Lipinski definition) is 28. The zero-order valence-electron chi connectivity index (χ0n) is 68.6. The summed E-state index contributed by atoms with van der Waals surface area (Å²) < 4.78 is 41.7. The lowest BCUT2D eigenvalue weighted by atomic mass is 10.1. The molecule has 40 heteroatoms. The summed E-state index contributed by atoms with van der Waals surface area (Å²) in [5.74, 6) is 1.45. The number of nitrogens with zero attached hydrogens (tertiary/aromatic N) is 11. The van der Waals surface area contributed by atoms with E-state index in [9.17, 15) is 69.9 Å². The Bertz CT molecular complexity index is 4860. The second kappa shape index (κ2) is 39.7. The lowest BCUT2D eigenvalue weighted by molar-refractivity contribution is -0.0540. The predicted octanol–water partition coefficient (Wildman–Crippen LogP) is 0.825. The fourth-order valence-electron chi connectivity index (χ4n) is 13.1. The molecule has 20 atom stereocenters. The number of ether oxygens (including phenoxy) is 6. The van der Waals surface area contributed by atoms with E-state index in [1.807, 2.05) is 13.0 Å². The molecule has 13 N–H and O–H groups in total. The highest BCUT2D eigenvalue weighted by Gasteiger charge is 2.49. The van der Waals surface area contributed by atoms with Gasteiger partial charge >= 0.3 is 28.4 Å². The molecule has 5 unspecified atom stereocenters. The minimum absolute atomic E-state index is 0.0643. The van der Waals surface area contributed by atoms with Gasteiger partial charge in [-0.2, -0.15) is 19.9 Å². The zero-order valence-corrected chi connectivity index (χ0v) is 73.1. The fourth-order valence-corrected chi connectivity index (χ4v) is 17.8. The van der Waals surface area contributed by atoms with Crippen molar-refractivity contribution in [3.05, 3.63) is 125 Å². The molecule has 114 heavy (non-hydrogen) atoms. The van der Waals surface area contributed by atoms with E-state index in [2.05, 4.69) is 134 Å². The number of aryl methyl sites for hydroxylation is 1. The first-order valence-electron chi connectivity index (χ1n) is 37.4. The number of hydrogen-bond donors (Lipinski definition) is 13. The quantitative estimate of drug-likeness (QED) is 0.0373. The molecule has 5 fully saturated rings. The summed E-state index contributed by atoms with van der Waals surface area (Å²) in [6.45, 7) is 16.8. The summed E-state index contributed by atoms with van der Waals surface area (Å²) in [7, 11) is 9.92. The molecule has 0 aromatic carbocycles. The SMILES string of the molecule is C=P(C)(C)CC[C@H]1OC(n2cc3cc(C)[nH]c3nc2=O)[C@H](O)[C@@H]1O.C=P(C)(C)CC[C@H]1OC(n2ccc(=N)n(C)c2=O)[C@H](O)[C@@H]1O.C=P(C)(C)CC[C@H]1OC(n2ccc(N(C)C)nc2=O)[C@H](O)[C@@H]1O.C=P(C)(C)CC[C@H]1OC(n2ccc(NC)nc2=O)[C@H](O)[C@@H]1O.C=P(C)(C)CC[C@H]1OC(n2ccc(NC)nc2=O)[C@H](OC)[C@@H]1O. The van der Waals surface area contributed by atoms with Crippen LogP contribution in [0.4, 0.5) is 17.5 Å². The van der Waals surface area contributed by atoms with E-state index < -0.39 is 179 Å². The van der Waals surface area contributed by atoms with Crippen LogP contribution in [-0.2, 0) is 35.5 Å². The van der Waals surface area contributed by atoms with Gasteiger partial charge < -0.3 is 94.9 Å². The average Bonchev–Trinajstić information content (AvgIpc) is 1.64. The van der Waals surface area contributed by atoms with Crippen LogP contribution in [0.1, 0.15) is 68.9 Å². The summed E-state index contributed by atoms with van der Waals surface area (Å²) in [4.78, 5) is 81.1. The van der Waals surface area contributed by atoms with Crippen LogP contribution in [0.3, 0.4) is 0 Å². The van der Waals surface area contributed by atoms with E-state index in [-0.39, 0.29) is 11.6 Å². The van der Waals surface area contributed by atoms with Gasteiger partial charge in [0.1, 0.15) is 89.6 Å².